The molecule has 0 aliphatic heterocycles. The molecule has 2 rings (SSSR count). The monoisotopic (exact) mass is 337 g/mol. The lowest BCUT2D eigenvalue weighted by atomic mass is 10.1. The van der Waals surface area contributed by atoms with Crippen LogP contribution in [0.1, 0.15) is 24.2 Å². The number of hydrogen-bond acceptors (Lipinski definition) is 2. The van der Waals surface area contributed by atoms with Gasteiger partial charge in [0.2, 0.25) is 0 Å². The summed E-state index contributed by atoms with van der Waals surface area (Å²) in [6.07, 6.45) is -0.840. The molecule has 0 aliphatic carbocycles. The zero-order valence-corrected chi connectivity index (χ0v) is 13.1. The van der Waals surface area contributed by atoms with E-state index in [0.29, 0.717) is 17.8 Å². The molecule has 1 atom stereocenters. The fraction of sp³-hybridized carbons (Fsp3) is 0.250. The number of hydrogen-bond donors (Lipinski definition) is 1. The lowest BCUT2D eigenvalue weighted by molar-refractivity contribution is 0.194. The molecule has 0 saturated carbocycles. The second kappa shape index (κ2) is 6.37. The summed E-state index contributed by atoms with van der Waals surface area (Å²) in [7, 11) is 1.89. The van der Waals surface area contributed by atoms with Crippen LogP contribution in [0.2, 0.25) is 0 Å². The summed E-state index contributed by atoms with van der Waals surface area (Å²) < 4.78 is 14.9. The molecular formula is C16H17BrFNO. The van der Waals surface area contributed by atoms with Gasteiger partial charge < -0.3 is 10.0 Å². The number of rotatable bonds is 4. The second-order valence-electron chi connectivity index (χ2n) is 4.80. The number of aliphatic hydroxyl groups is 1. The van der Waals surface area contributed by atoms with E-state index >= 15 is 0 Å². The molecule has 0 amide bonds. The molecule has 0 bridgehead atoms. The van der Waals surface area contributed by atoms with Gasteiger partial charge in [0.1, 0.15) is 5.82 Å². The van der Waals surface area contributed by atoms with E-state index in [0.717, 1.165) is 10.0 Å². The minimum Gasteiger partial charge on any atom is -0.389 e. The maximum absolute atomic E-state index is 13.9. The maximum atomic E-state index is 13.9. The van der Waals surface area contributed by atoms with Gasteiger partial charge in [0.25, 0.3) is 0 Å². The molecule has 0 aliphatic rings. The fourth-order valence-corrected chi connectivity index (χ4v) is 2.65. The molecule has 0 fully saturated rings. The highest BCUT2D eigenvalue weighted by Crippen LogP contribution is 2.30. The summed E-state index contributed by atoms with van der Waals surface area (Å²) >= 11 is 3.51. The second-order valence-corrected chi connectivity index (χ2v) is 5.65. The van der Waals surface area contributed by atoms with Crippen LogP contribution in [0.3, 0.4) is 0 Å². The normalized spacial score (nSPS) is 12.2. The zero-order valence-electron chi connectivity index (χ0n) is 11.5. The average molecular weight is 338 g/mol. The van der Waals surface area contributed by atoms with Crippen LogP contribution in [0.25, 0.3) is 0 Å². The van der Waals surface area contributed by atoms with Crippen molar-refractivity contribution in [2.45, 2.75) is 19.6 Å². The number of halogens is 2. The lowest BCUT2D eigenvalue weighted by Gasteiger charge is -2.24. The molecule has 0 radical (unpaired) electrons. The summed E-state index contributed by atoms with van der Waals surface area (Å²) in [5.41, 5.74) is 2.15. The van der Waals surface area contributed by atoms with Crippen molar-refractivity contribution in [1.82, 2.24) is 0 Å². The Balaban J connectivity index is 2.33. The Hall–Kier alpha value is -1.39. The summed E-state index contributed by atoms with van der Waals surface area (Å²) in [6, 6.07) is 12.8. The molecule has 0 heterocycles. The molecular weight excluding hydrogens is 321 g/mol. The molecule has 1 unspecified atom stereocenters. The van der Waals surface area contributed by atoms with Crippen LogP contribution in [-0.2, 0) is 6.54 Å². The summed E-state index contributed by atoms with van der Waals surface area (Å²) in [6.45, 7) is 2.21. The van der Waals surface area contributed by atoms with Crippen LogP contribution in [0.5, 0.6) is 0 Å². The van der Waals surface area contributed by atoms with Crippen LogP contribution >= 0.6 is 15.9 Å². The molecule has 1 N–H and O–H groups in total. The van der Waals surface area contributed by atoms with Gasteiger partial charge in [-0.05, 0) is 30.7 Å². The van der Waals surface area contributed by atoms with Gasteiger partial charge in [0.05, 0.1) is 6.10 Å². The molecule has 0 saturated heterocycles. The molecule has 4 heteroatoms. The number of benzene rings is 2. The van der Waals surface area contributed by atoms with Crippen molar-refractivity contribution in [3.05, 3.63) is 63.9 Å². The van der Waals surface area contributed by atoms with Crippen molar-refractivity contribution in [3.8, 4) is 0 Å². The Kier molecular flexibility index (Phi) is 4.78. The summed E-state index contributed by atoms with van der Waals surface area (Å²) in [4.78, 5) is 1.94. The Morgan fingerprint density at radius 3 is 2.55 bits per heavy atom. The Labute approximate surface area is 127 Å². The van der Waals surface area contributed by atoms with Crippen molar-refractivity contribution < 1.29 is 9.50 Å². The van der Waals surface area contributed by atoms with Gasteiger partial charge in [-0.3, -0.25) is 0 Å². The summed E-state index contributed by atoms with van der Waals surface area (Å²) in [5, 5.41) is 9.78. The highest BCUT2D eigenvalue weighted by molar-refractivity contribution is 9.10. The van der Waals surface area contributed by atoms with Crippen molar-refractivity contribution in [2.24, 2.45) is 0 Å². The minimum atomic E-state index is -0.840. The Bertz CT molecular complexity index is 601. The van der Waals surface area contributed by atoms with E-state index in [1.165, 1.54) is 6.07 Å². The van der Waals surface area contributed by atoms with Gasteiger partial charge >= 0.3 is 0 Å². The molecule has 0 spiro atoms. The molecule has 2 aromatic rings. The van der Waals surface area contributed by atoms with E-state index in [9.17, 15) is 9.50 Å². The fourth-order valence-electron chi connectivity index (χ4n) is 2.24. The van der Waals surface area contributed by atoms with E-state index in [2.05, 4.69) is 15.9 Å². The SMILES string of the molecule is CC(O)c1c(F)cccc1N(C)Cc1ccccc1Br. The first-order valence-electron chi connectivity index (χ1n) is 6.41. The van der Waals surface area contributed by atoms with Gasteiger partial charge in [-0.2, -0.15) is 0 Å². The van der Waals surface area contributed by atoms with Gasteiger partial charge in [-0.25, -0.2) is 4.39 Å². The summed E-state index contributed by atoms with van der Waals surface area (Å²) in [5.74, 6) is -0.378. The van der Waals surface area contributed by atoms with E-state index in [4.69, 9.17) is 0 Å². The van der Waals surface area contributed by atoms with Crippen molar-refractivity contribution in [3.63, 3.8) is 0 Å². The van der Waals surface area contributed by atoms with Crippen molar-refractivity contribution in [2.75, 3.05) is 11.9 Å². The zero-order chi connectivity index (χ0) is 14.7. The quantitative estimate of drug-likeness (QED) is 0.900. The maximum Gasteiger partial charge on any atom is 0.131 e. The first-order valence-corrected chi connectivity index (χ1v) is 7.21. The van der Waals surface area contributed by atoms with Crippen LogP contribution in [0, 0.1) is 5.82 Å². The lowest BCUT2D eigenvalue weighted by Crippen LogP contribution is -2.19. The first-order chi connectivity index (χ1) is 9.50. The topological polar surface area (TPSA) is 23.5 Å². The van der Waals surface area contributed by atoms with E-state index in [1.54, 1.807) is 13.0 Å². The third-order valence-corrected chi connectivity index (χ3v) is 4.00. The van der Waals surface area contributed by atoms with Crippen LogP contribution in [-0.4, -0.2) is 12.2 Å². The highest BCUT2D eigenvalue weighted by atomic mass is 79.9. The van der Waals surface area contributed by atoms with Crippen molar-refractivity contribution in [1.29, 1.82) is 0 Å². The van der Waals surface area contributed by atoms with Crippen LogP contribution < -0.4 is 4.90 Å². The average Bonchev–Trinajstić information content (AvgIpc) is 2.40. The van der Waals surface area contributed by atoms with E-state index < -0.39 is 6.10 Å². The standard InChI is InChI=1S/C16H17BrFNO/c1-11(20)16-14(18)8-5-9-15(16)19(2)10-12-6-3-4-7-13(12)17/h3-9,11,20H,10H2,1-2H3. The number of anilines is 1. The molecule has 0 aromatic heterocycles. The first kappa shape index (κ1) is 15.0. The van der Waals surface area contributed by atoms with Crippen molar-refractivity contribution >= 4 is 21.6 Å². The Morgan fingerprint density at radius 1 is 1.20 bits per heavy atom. The van der Waals surface area contributed by atoms with Gasteiger partial charge in [0.15, 0.2) is 0 Å². The molecule has 2 aromatic carbocycles. The predicted molar refractivity (Wildman–Crippen MR) is 83.3 cm³/mol. The van der Waals surface area contributed by atoms with Gasteiger partial charge in [-0.1, -0.05) is 40.2 Å². The predicted octanol–water partition coefficient (Wildman–Crippen LogP) is 4.28. The molecule has 106 valence electrons. The third-order valence-electron chi connectivity index (χ3n) is 3.22. The largest absolute Gasteiger partial charge is 0.389 e. The third kappa shape index (κ3) is 3.19. The van der Waals surface area contributed by atoms with E-state index in [1.807, 2.05) is 42.3 Å². The van der Waals surface area contributed by atoms with Gasteiger partial charge in [0, 0.05) is 29.3 Å². The van der Waals surface area contributed by atoms with E-state index in [-0.39, 0.29) is 5.82 Å². The highest BCUT2D eigenvalue weighted by Gasteiger charge is 2.16. The van der Waals surface area contributed by atoms with Crippen LogP contribution in [0.15, 0.2) is 46.9 Å². The Morgan fingerprint density at radius 2 is 1.90 bits per heavy atom. The smallest absolute Gasteiger partial charge is 0.131 e. The molecule has 2 nitrogen and oxygen atoms in total. The van der Waals surface area contributed by atoms with Crippen LogP contribution in [0.4, 0.5) is 10.1 Å². The molecule has 20 heavy (non-hydrogen) atoms. The number of aliphatic hydroxyl groups excluding tert-OH is 1. The van der Waals surface area contributed by atoms with Gasteiger partial charge in [-0.15, -0.1) is 0 Å². The minimum absolute atomic E-state index is 0.335. The number of nitrogens with zero attached hydrogens (tertiary/aromatic N) is 1.